The second kappa shape index (κ2) is 6.77. The van der Waals surface area contributed by atoms with Gasteiger partial charge in [0.05, 0.1) is 20.8 Å². The van der Waals surface area contributed by atoms with Crippen LogP contribution in [0, 0.1) is 0 Å². The standard InChI is InChI=1S/C15H17NO4/c1-18-14-6-7-16-13(15(14)19-2)10-20-12-5-3-4-11(8-12)9-17/h3-8,17H,9-10H2,1-2H3. The van der Waals surface area contributed by atoms with Gasteiger partial charge in [0.1, 0.15) is 18.1 Å². The van der Waals surface area contributed by atoms with Crippen LogP contribution in [0.15, 0.2) is 36.5 Å². The Bertz CT molecular complexity index is 572. The third-order valence-electron chi connectivity index (χ3n) is 2.82. The first-order valence-electron chi connectivity index (χ1n) is 6.17. The molecule has 0 radical (unpaired) electrons. The lowest BCUT2D eigenvalue weighted by molar-refractivity contribution is 0.274. The molecule has 0 fully saturated rings. The van der Waals surface area contributed by atoms with Crippen LogP contribution in [0.1, 0.15) is 11.3 Å². The number of rotatable bonds is 6. The van der Waals surface area contributed by atoms with Crippen molar-refractivity contribution in [2.24, 2.45) is 0 Å². The maximum absolute atomic E-state index is 9.09. The predicted octanol–water partition coefficient (Wildman–Crippen LogP) is 2.17. The van der Waals surface area contributed by atoms with E-state index in [1.807, 2.05) is 18.2 Å². The molecule has 2 aromatic rings. The van der Waals surface area contributed by atoms with Crippen molar-refractivity contribution in [2.75, 3.05) is 14.2 Å². The molecule has 5 nitrogen and oxygen atoms in total. The zero-order chi connectivity index (χ0) is 14.4. The summed E-state index contributed by atoms with van der Waals surface area (Å²) in [7, 11) is 3.14. The summed E-state index contributed by atoms with van der Waals surface area (Å²) < 4.78 is 16.2. The van der Waals surface area contributed by atoms with Gasteiger partial charge in [0.15, 0.2) is 11.5 Å². The number of nitrogens with zero attached hydrogens (tertiary/aromatic N) is 1. The first kappa shape index (κ1) is 14.1. The number of aliphatic hydroxyl groups excluding tert-OH is 1. The minimum atomic E-state index is -0.0159. The smallest absolute Gasteiger partial charge is 0.185 e. The summed E-state index contributed by atoms with van der Waals surface area (Å²) >= 11 is 0. The quantitative estimate of drug-likeness (QED) is 0.875. The average Bonchev–Trinajstić information content (AvgIpc) is 2.52. The van der Waals surface area contributed by atoms with Crippen molar-refractivity contribution in [1.29, 1.82) is 0 Å². The maximum Gasteiger partial charge on any atom is 0.185 e. The number of methoxy groups -OCH3 is 2. The molecule has 2 rings (SSSR count). The fraction of sp³-hybridized carbons (Fsp3) is 0.267. The molecule has 0 bridgehead atoms. The number of hydrogen-bond acceptors (Lipinski definition) is 5. The highest BCUT2D eigenvalue weighted by Crippen LogP contribution is 2.29. The van der Waals surface area contributed by atoms with Gasteiger partial charge >= 0.3 is 0 Å². The van der Waals surface area contributed by atoms with Crippen molar-refractivity contribution >= 4 is 0 Å². The summed E-state index contributed by atoms with van der Waals surface area (Å²) in [5, 5.41) is 9.09. The lowest BCUT2D eigenvalue weighted by atomic mass is 10.2. The zero-order valence-electron chi connectivity index (χ0n) is 11.5. The Kier molecular flexibility index (Phi) is 4.79. The normalized spacial score (nSPS) is 10.2. The van der Waals surface area contributed by atoms with Crippen LogP contribution in [-0.4, -0.2) is 24.3 Å². The van der Waals surface area contributed by atoms with Crippen LogP contribution in [-0.2, 0) is 13.2 Å². The van der Waals surface area contributed by atoms with Crippen LogP contribution in [0.3, 0.4) is 0 Å². The molecule has 0 atom stereocenters. The van der Waals surface area contributed by atoms with Gasteiger partial charge in [-0.2, -0.15) is 0 Å². The Hall–Kier alpha value is -2.27. The predicted molar refractivity (Wildman–Crippen MR) is 74.0 cm³/mol. The lowest BCUT2D eigenvalue weighted by Crippen LogP contribution is -2.03. The number of ether oxygens (including phenoxy) is 3. The highest BCUT2D eigenvalue weighted by Gasteiger charge is 2.11. The maximum atomic E-state index is 9.09. The molecule has 0 saturated heterocycles. The van der Waals surface area contributed by atoms with Crippen LogP contribution in [0.25, 0.3) is 0 Å². The van der Waals surface area contributed by atoms with E-state index in [0.29, 0.717) is 22.9 Å². The SMILES string of the molecule is COc1ccnc(COc2cccc(CO)c2)c1OC. The van der Waals surface area contributed by atoms with Crippen LogP contribution in [0.4, 0.5) is 0 Å². The zero-order valence-corrected chi connectivity index (χ0v) is 11.5. The van der Waals surface area contributed by atoms with E-state index < -0.39 is 0 Å². The van der Waals surface area contributed by atoms with E-state index in [1.165, 1.54) is 0 Å². The summed E-state index contributed by atoms with van der Waals surface area (Å²) in [4.78, 5) is 4.24. The Labute approximate surface area is 117 Å². The van der Waals surface area contributed by atoms with Gasteiger partial charge in [-0.25, -0.2) is 0 Å². The molecule has 0 aliphatic heterocycles. The van der Waals surface area contributed by atoms with Crippen LogP contribution < -0.4 is 14.2 Å². The highest BCUT2D eigenvalue weighted by atomic mass is 16.5. The number of aliphatic hydroxyl groups is 1. The van der Waals surface area contributed by atoms with Crippen molar-refractivity contribution in [3.05, 3.63) is 47.8 Å². The van der Waals surface area contributed by atoms with Gasteiger partial charge in [-0.15, -0.1) is 0 Å². The summed E-state index contributed by atoms with van der Waals surface area (Å²) in [6.07, 6.45) is 1.64. The van der Waals surface area contributed by atoms with Crippen molar-refractivity contribution < 1.29 is 19.3 Å². The van der Waals surface area contributed by atoms with Crippen molar-refractivity contribution in [3.63, 3.8) is 0 Å². The van der Waals surface area contributed by atoms with Gasteiger partial charge in [0.25, 0.3) is 0 Å². The molecule has 1 aromatic heterocycles. The largest absolute Gasteiger partial charge is 0.493 e. The molecule has 1 heterocycles. The number of hydrogen-bond donors (Lipinski definition) is 1. The van der Waals surface area contributed by atoms with E-state index in [-0.39, 0.29) is 13.2 Å². The molecule has 1 N–H and O–H groups in total. The van der Waals surface area contributed by atoms with Crippen LogP contribution in [0.2, 0.25) is 0 Å². The second-order valence-electron chi connectivity index (χ2n) is 4.09. The monoisotopic (exact) mass is 275 g/mol. The first-order valence-corrected chi connectivity index (χ1v) is 6.17. The van der Waals surface area contributed by atoms with Gasteiger partial charge in [0.2, 0.25) is 0 Å². The van der Waals surface area contributed by atoms with Gasteiger partial charge in [-0.3, -0.25) is 4.98 Å². The van der Waals surface area contributed by atoms with Gasteiger partial charge < -0.3 is 19.3 Å². The summed E-state index contributed by atoms with van der Waals surface area (Å²) in [6, 6.07) is 9.00. The van der Waals surface area contributed by atoms with E-state index in [0.717, 1.165) is 5.56 Å². The van der Waals surface area contributed by atoms with E-state index in [2.05, 4.69) is 4.98 Å². The molecule has 0 aliphatic rings. The number of benzene rings is 1. The number of aromatic nitrogens is 1. The van der Waals surface area contributed by atoms with E-state index in [1.54, 1.807) is 32.5 Å². The lowest BCUT2D eigenvalue weighted by Gasteiger charge is -2.12. The summed E-state index contributed by atoms with van der Waals surface area (Å²) in [5.41, 5.74) is 1.45. The summed E-state index contributed by atoms with van der Waals surface area (Å²) in [5.74, 6) is 1.85. The molecular formula is C15H17NO4. The molecule has 0 unspecified atom stereocenters. The Morgan fingerprint density at radius 2 is 2.00 bits per heavy atom. The third-order valence-corrected chi connectivity index (χ3v) is 2.82. The Balaban J connectivity index is 2.14. The molecule has 0 aliphatic carbocycles. The average molecular weight is 275 g/mol. The van der Waals surface area contributed by atoms with Crippen molar-refractivity contribution in [3.8, 4) is 17.2 Å². The molecular weight excluding hydrogens is 258 g/mol. The van der Waals surface area contributed by atoms with Gasteiger partial charge in [0, 0.05) is 12.3 Å². The topological polar surface area (TPSA) is 60.8 Å². The van der Waals surface area contributed by atoms with Crippen LogP contribution >= 0.6 is 0 Å². The minimum Gasteiger partial charge on any atom is -0.493 e. The molecule has 0 amide bonds. The molecule has 20 heavy (non-hydrogen) atoms. The fourth-order valence-electron chi connectivity index (χ4n) is 1.84. The molecule has 1 aromatic carbocycles. The minimum absolute atomic E-state index is 0.0159. The Morgan fingerprint density at radius 1 is 1.15 bits per heavy atom. The van der Waals surface area contributed by atoms with Gasteiger partial charge in [-0.05, 0) is 17.7 Å². The molecule has 106 valence electrons. The Morgan fingerprint density at radius 3 is 2.70 bits per heavy atom. The highest BCUT2D eigenvalue weighted by molar-refractivity contribution is 5.42. The van der Waals surface area contributed by atoms with Crippen molar-refractivity contribution in [2.45, 2.75) is 13.2 Å². The summed E-state index contributed by atoms with van der Waals surface area (Å²) in [6.45, 7) is 0.243. The molecule has 0 spiro atoms. The molecule has 0 saturated carbocycles. The van der Waals surface area contributed by atoms with E-state index in [4.69, 9.17) is 19.3 Å². The number of pyridine rings is 1. The first-order chi connectivity index (χ1) is 9.78. The molecule has 5 heteroatoms. The second-order valence-corrected chi connectivity index (χ2v) is 4.09. The third kappa shape index (κ3) is 3.19. The van der Waals surface area contributed by atoms with E-state index in [9.17, 15) is 0 Å². The van der Waals surface area contributed by atoms with E-state index >= 15 is 0 Å². The van der Waals surface area contributed by atoms with Crippen molar-refractivity contribution in [1.82, 2.24) is 4.98 Å². The van der Waals surface area contributed by atoms with Gasteiger partial charge in [-0.1, -0.05) is 12.1 Å². The van der Waals surface area contributed by atoms with Crippen LogP contribution in [0.5, 0.6) is 17.2 Å². The fourth-order valence-corrected chi connectivity index (χ4v) is 1.84.